The van der Waals surface area contributed by atoms with Gasteiger partial charge in [-0.25, -0.2) is 4.98 Å². The number of hydrogen-bond acceptors (Lipinski definition) is 4. The largest absolute Gasteiger partial charge is 0.389 e. The number of aromatic nitrogens is 1. The van der Waals surface area contributed by atoms with Gasteiger partial charge < -0.3 is 15.8 Å². The third kappa shape index (κ3) is 3.43. The molecule has 4 nitrogen and oxygen atoms in total. The van der Waals surface area contributed by atoms with Crippen LogP contribution in [0.15, 0.2) is 30.3 Å². The molecule has 0 saturated carbocycles. The summed E-state index contributed by atoms with van der Waals surface area (Å²) >= 11 is 5.13. The van der Waals surface area contributed by atoms with Crippen LogP contribution in [0.1, 0.15) is 18.9 Å². The molecule has 1 unspecified atom stereocenters. The van der Waals surface area contributed by atoms with Gasteiger partial charge in [0.05, 0.1) is 11.1 Å². The predicted octanol–water partition coefficient (Wildman–Crippen LogP) is 2.71. The Kier molecular flexibility index (Phi) is 4.87. The fourth-order valence-electron chi connectivity index (χ4n) is 2.01. The summed E-state index contributed by atoms with van der Waals surface area (Å²) in [6.07, 6.45) is 0.891. The van der Waals surface area contributed by atoms with Gasteiger partial charge in [-0.3, -0.25) is 0 Å². The summed E-state index contributed by atoms with van der Waals surface area (Å²) < 4.78 is 5.09. The van der Waals surface area contributed by atoms with Gasteiger partial charge in [0.25, 0.3) is 0 Å². The number of methoxy groups -OCH3 is 1. The van der Waals surface area contributed by atoms with E-state index in [2.05, 4.69) is 17.2 Å². The molecule has 0 amide bonds. The molecule has 5 heteroatoms. The van der Waals surface area contributed by atoms with Gasteiger partial charge in [0.2, 0.25) is 0 Å². The lowest BCUT2D eigenvalue weighted by atomic mass is 10.1. The van der Waals surface area contributed by atoms with Crippen molar-refractivity contribution >= 4 is 33.9 Å². The summed E-state index contributed by atoms with van der Waals surface area (Å²) in [5.74, 6) is 0.736. The fourth-order valence-corrected chi connectivity index (χ4v) is 2.17. The Morgan fingerprint density at radius 1 is 1.45 bits per heavy atom. The fraction of sp³-hybridized carbons (Fsp3) is 0.333. The van der Waals surface area contributed by atoms with Crippen molar-refractivity contribution in [3.8, 4) is 0 Å². The maximum atomic E-state index is 5.81. The average molecular weight is 289 g/mol. The van der Waals surface area contributed by atoms with Crippen molar-refractivity contribution in [2.24, 2.45) is 5.73 Å². The van der Waals surface area contributed by atoms with E-state index < -0.39 is 0 Å². The molecule has 0 saturated heterocycles. The van der Waals surface area contributed by atoms with Gasteiger partial charge in [-0.05, 0) is 25.5 Å². The molecule has 2 aromatic rings. The Balaban J connectivity index is 2.34. The maximum absolute atomic E-state index is 5.81. The number of ether oxygens (including phenoxy) is 1. The Hall–Kier alpha value is -1.72. The summed E-state index contributed by atoms with van der Waals surface area (Å²) in [6, 6.07) is 10.1. The highest BCUT2D eigenvalue weighted by Crippen LogP contribution is 2.21. The van der Waals surface area contributed by atoms with Crippen molar-refractivity contribution in [1.82, 2.24) is 4.98 Å². The molecule has 0 aliphatic rings. The van der Waals surface area contributed by atoms with Gasteiger partial charge in [0.1, 0.15) is 10.8 Å². The first kappa shape index (κ1) is 14.7. The van der Waals surface area contributed by atoms with Gasteiger partial charge in [-0.15, -0.1) is 0 Å². The van der Waals surface area contributed by atoms with Crippen molar-refractivity contribution in [3.05, 3.63) is 35.9 Å². The van der Waals surface area contributed by atoms with E-state index in [1.54, 1.807) is 7.11 Å². The summed E-state index contributed by atoms with van der Waals surface area (Å²) in [4.78, 5) is 4.98. The van der Waals surface area contributed by atoms with Crippen LogP contribution in [0.5, 0.6) is 0 Å². The Morgan fingerprint density at radius 2 is 2.20 bits per heavy atom. The van der Waals surface area contributed by atoms with Crippen LogP contribution in [0.2, 0.25) is 0 Å². The number of pyridine rings is 1. The van der Waals surface area contributed by atoms with Crippen molar-refractivity contribution in [3.63, 3.8) is 0 Å². The molecule has 3 N–H and O–H groups in total. The lowest BCUT2D eigenvalue weighted by Crippen LogP contribution is -2.21. The highest BCUT2D eigenvalue weighted by Gasteiger charge is 2.11. The molecule has 1 atom stereocenters. The highest BCUT2D eigenvalue weighted by molar-refractivity contribution is 7.80. The number of nitrogens with one attached hydrogen (secondary N) is 1. The second kappa shape index (κ2) is 6.63. The second-order valence-electron chi connectivity index (χ2n) is 4.77. The lowest BCUT2D eigenvalue weighted by molar-refractivity contribution is 0.191. The number of fused-ring (bicyclic) bond motifs is 1. The quantitative estimate of drug-likeness (QED) is 0.801. The predicted molar refractivity (Wildman–Crippen MR) is 87.2 cm³/mol. The monoisotopic (exact) mass is 289 g/mol. The molecule has 0 aliphatic heterocycles. The minimum atomic E-state index is 0.233. The minimum Gasteiger partial charge on any atom is -0.389 e. The average Bonchev–Trinajstić information content (AvgIpc) is 2.44. The zero-order valence-electron chi connectivity index (χ0n) is 11.7. The van der Waals surface area contributed by atoms with Crippen LogP contribution in [-0.4, -0.2) is 29.7 Å². The molecule has 1 heterocycles. The van der Waals surface area contributed by atoms with E-state index in [0.29, 0.717) is 11.6 Å². The summed E-state index contributed by atoms with van der Waals surface area (Å²) in [5.41, 5.74) is 7.51. The SMILES string of the molecule is COCCC(C)Nc1nc2ccccc2cc1C(N)=S. The van der Waals surface area contributed by atoms with Gasteiger partial charge in [0.15, 0.2) is 0 Å². The van der Waals surface area contributed by atoms with Gasteiger partial charge in [0, 0.05) is 25.1 Å². The van der Waals surface area contributed by atoms with Crippen LogP contribution >= 0.6 is 12.2 Å². The zero-order valence-corrected chi connectivity index (χ0v) is 12.5. The molecule has 0 spiro atoms. The number of hydrogen-bond donors (Lipinski definition) is 2. The standard InChI is InChI=1S/C15H19N3OS/c1-10(7-8-19-2)17-15-12(14(16)20)9-11-5-3-4-6-13(11)18-15/h3-6,9-10H,7-8H2,1-2H3,(H2,16,20)(H,17,18). The third-order valence-electron chi connectivity index (χ3n) is 3.13. The maximum Gasteiger partial charge on any atom is 0.137 e. The Labute approximate surface area is 124 Å². The van der Waals surface area contributed by atoms with Gasteiger partial charge in [-0.1, -0.05) is 30.4 Å². The van der Waals surface area contributed by atoms with E-state index >= 15 is 0 Å². The number of nitrogens with zero attached hydrogens (tertiary/aromatic N) is 1. The third-order valence-corrected chi connectivity index (χ3v) is 3.35. The van der Waals surface area contributed by atoms with E-state index in [1.165, 1.54) is 0 Å². The molecule has 0 radical (unpaired) electrons. The van der Waals surface area contributed by atoms with Crippen LogP contribution in [0.3, 0.4) is 0 Å². The zero-order chi connectivity index (χ0) is 14.5. The second-order valence-corrected chi connectivity index (χ2v) is 5.21. The summed E-state index contributed by atoms with van der Waals surface area (Å²) in [5, 5.41) is 4.39. The van der Waals surface area contributed by atoms with Gasteiger partial charge >= 0.3 is 0 Å². The van der Waals surface area contributed by atoms with E-state index in [0.717, 1.165) is 28.7 Å². The summed E-state index contributed by atoms with van der Waals surface area (Å²) in [6.45, 7) is 2.78. The highest BCUT2D eigenvalue weighted by atomic mass is 32.1. The normalized spacial score (nSPS) is 12.3. The van der Waals surface area contributed by atoms with E-state index in [4.69, 9.17) is 22.7 Å². The van der Waals surface area contributed by atoms with Crippen LogP contribution in [0.25, 0.3) is 10.9 Å². The molecule has 2 rings (SSSR count). The van der Waals surface area contributed by atoms with Gasteiger partial charge in [-0.2, -0.15) is 0 Å². The van der Waals surface area contributed by atoms with Crippen molar-refractivity contribution in [2.45, 2.75) is 19.4 Å². The molecule has 1 aromatic carbocycles. The van der Waals surface area contributed by atoms with Crippen LogP contribution in [0.4, 0.5) is 5.82 Å². The number of thiocarbonyl (C=S) groups is 1. The number of rotatable bonds is 6. The van der Waals surface area contributed by atoms with Crippen molar-refractivity contribution < 1.29 is 4.74 Å². The first-order chi connectivity index (χ1) is 9.61. The molecule has 1 aromatic heterocycles. The summed E-state index contributed by atoms with van der Waals surface area (Å²) in [7, 11) is 1.70. The molecule has 106 valence electrons. The molecule has 0 aliphatic carbocycles. The van der Waals surface area contributed by atoms with Crippen LogP contribution < -0.4 is 11.1 Å². The molecular weight excluding hydrogens is 270 g/mol. The number of nitrogens with two attached hydrogens (primary N) is 1. The van der Waals surface area contributed by atoms with Crippen LogP contribution in [0, 0.1) is 0 Å². The molecular formula is C15H19N3OS. The van der Waals surface area contributed by atoms with Crippen molar-refractivity contribution in [1.29, 1.82) is 0 Å². The number of para-hydroxylation sites is 1. The smallest absolute Gasteiger partial charge is 0.137 e. The first-order valence-corrected chi connectivity index (χ1v) is 6.97. The van der Waals surface area contributed by atoms with Crippen LogP contribution in [-0.2, 0) is 4.74 Å². The van der Waals surface area contributed by atoms with E-state index in [9.17, 15) is 0 Å². The molecule has 20 heavy (non-hydrogen) atoms. The number of anilines is 1. The topological polar surface area (TPSA) is 60.2 Å². The Bertz CT molecular complexity index is 615. The Morgan fingerprint density at radius 3 is 2.90 bits per heavy atom. The number of benzene rings is 1. The molecule has 0 fully saturated rings. The lowest BCUT2D eigenvalue weighted by Gasteiger charge is -2.17. The van der Waals surface area contributed by atoms with E-state index in [1.807, 2.05) is 30.3 Å². The van der Waals surface area contributed by atoms with E-state index in [-0.39, 0.29) is 6.04 Å². The molecule has 0 bridgehead atoms. The first-order valence-electron chi connectivity index (χ1n) is 6.57. The minimum absolute atomic E-state index is 0.233. The van der Waals surface area contributed by atoms with Crippen molar-refractivity contribution in [2.75, 3.05) is 19.0 Å².